The first-order valence-electron chi connectivity index (χ1n) is 10.9. The van der Waals surface area contributed by atoms with Crippen LogP contribution in [0.4, 0.5) is 5.82 Å². The maximum atomic E-state index is 12.7. The van der Waals surface area contributed by atoms with Crippen molar-refractivity contribution in [3.8, 4) is 0 Å². The van der Waals surface area contributed by atoms with Gasteiger partial charge in [-0.25, -0.2) is 9.78 Å². The summed E-state index contributed by atoms with van der Waals surface area (Å²) >= 11 is 0. The van der Waals surface area contributed by atoms with Crippen molar-refractivity contribution in [3.05, 3.63) is 65.4 Å². The van der Waals surface area contributed by atoms with Crippen LogP contribution >= 0.6 is 0 Å². The van der Waals surface area contributed by atoms with Crippen molar-refractivity contribution in [3.63, 3.8) is 0 Å². The highest BCUT2D eigenvalue weighted by Gasteiger charge is 2.19. The van der Waals surface area contributed by atoms with Crippen LogP contribution in [0.5, 0.6) is 0 Å². The van der Waals surface area contributed by atoms with Gasteiger partial charge in [0.15, 0.2) is 0 Å². The number of pyridine rings is 1. The van der Waals surface area contributed by atoms with Crippen LogP contribution in [0.3, 0.4) is 0 Å². The molecule has 0 radical (unpaired) electrons. The molecule has 0 aliphatic carbocycles. The highest BCUT2D eigenvalue weighted by atomic mass is 16.5. The standard InChI is InChI=1S/C25H31N3O3/c1-4-31-25(30)22-11-12-23(26-18-22)27-14-5-15-28(17-16-27)24(29)13-8-20-6-9-21(10-7-20)19(2)3/h6-13,18-19H,4-5,14-17H2,1-3H3/b13-8+. The fourth-order valence-electron chi connectivity index (χ4n) is 3.54. The van der Waals surface area contributed by atoms with Crippen LogP contribution in [0.15, 0.2) is 48.7 Å². The molecule has 1 aliphatic rings. The Balaban J connectivity index is 1.56. The lowest BCUT2D eigenvalue weighted by atomic mass is 10.0. The summed E-state index contributed by atoms with van der Waals surface area (Å²) in [7, 11) is 0. The van der Waals surface area contributed by atoms with Crippen molar-refractivity contribution >= 4 is 23.8 Å². The minimum atomic E-state index is -0.361. The summed E-state index contributed by atoms with van der Waals surface area (Å²) in [6.07, 6.45) is 5.95. The number of aromatic nitrogens is 1. The van der Waals surface area contributed by atoms with E-state index in [0.29, 0.717) is 37.7 Å². The Kier molecular flexibility index (Phi) is 7.82. The van der Waals surface area contributed by atoms with E-state index >= 15 is 0 Å². The van der Waals surface area contributed by atoms with E-state index in [0.717, 1.165) is 24.3 Å². The Hall–Kier alpha value is -3.15. The lowest BCUT2D eigenvalue weighted by Crippen LogP contribution is -2.34. The third-order valence-corrected chi connectivity index (χ3v) is 5.41. The molecule has 0 N–H and O–H groups in total. The van der Waals surface area contributed by atoms with Gasteiger partial charge in [0.25, 0.3) is 0 Å². The van der Waals surface area contributed by atoms with Crippen molar-refractivity contribution in [2.45, 2.75) is 33.1 Å². The van der Waals surface area contributed by atoms with E-state index in [-0.39, 0.29) is 11.9 Å². The Morgan fingerprint density at radius 3 is 2.48 bits per heavy atom. The molecule has 0 spiro atoms. The number of amides is 1. The van der Waals surface area contributed by atoms with E-state index in [1.807, 2.05) is 17.0 Å². The van der Waals surface area contributed by atoms with Gasteiger partial charge in [0.1, 0.15) is 5.82 Å². The van der Waals surface area contributed by atoms with Gasteiger partial charge >= 0.3 is 5.97 Å². The minimum absolute atomic E-state index is 0.0282. The first-order valence-corrected chi connectivity index (χ1v) is 10.9. The molecule has 0 atom stereocenters. The number of carbonyl (C=O) groups excluding carboxylic acids is 2. The number of hydrogen-bond donors (Lipinski definition) is 0. The minimum Gasteiger partial charge on any atom is -0.462 e. The first-order chi connectivity index (χ1) is 15.0. The molecule has 1 aliphatic heterocycles. The van der Waals surface area contributed by atoms with Gasteiger partial charge in [-0.15, -0.1) is 0 Å². The van der Waals surface area contributed by atoms with E-state index < -0.39 is 0 Å². The molecule has 164 valence electrons. The number of nitrogens with zero attached hydrogens (tertiary/aromatic N) is 3. The van der Waals surface area contributed by atoms with Crippen LogP contribution in [-0.2, 0) is 9.53 Å². The number of hydrogen-bond acceptors (Lipinski definition) is 5. The van der Waals surface area contributed by atoms with Crippen LogP contribution in [0.1, 0.15) is 54.6 Å². The third kappa shape index (κ3) is 6.17. The maximum Gasteiger partial charge on any atom is 0.339 e. The number of benzene rings is 1. The molecule has 0 saturated carbocycles. The highest BCUT2D eigenvalue weighted by Crippen LogP contribution is 2.17. The van der Waals surface area contributed by atoms with Crippen molar-refractivity contribution in [2.75, 3.05) is 37.7 Å². The van der Waals surface area contributed by atoms with Gasteiger partial charge in [0, 0.05) is 38.5 Å². The normalized spacial score (nSPS) is 14.7. The molecule has 6 nitrogen and oxygen atoms in total. The van der Waals surface area contributed by atoms with E-state index in [1.54, 1.807) is 25.3 Å². The SMILES string of the molecule is CCOC(=O)c1ccc(N2CCCN(C(=O)/C=C/c3ccc(C(C)C)cc3)CC2)nc1. The zero-order valence-electron chi connectivity index (χ0n) is 18.6. The summed E-state index contributed by atoms with van der Waals surface area (Å²) in [5.41, 5.74) is 2.77. The Morgan fingerprint density at radius 1 is 1.06 bits per heavy atom. The fraction of sp³-hybridized carbons (Fsp3) is 0.400. The average molecular weight is 422 g/mol. The van der Waals surface area contributed by atoms with E-state index in [9.17, 15) is 9.59 Å². The summed E-state index contributed by atoms with van der Waals surface area (Å²) in [5.74, 6) is 0.971. The third-order valence-electron chi connectivity index (χ3n) is 5.41. The Morgan fingerprint density at radius 2 is 1.84 bits per heavy atom. The molecule has 1 fully saturated rings. The number of carbonyl (C=O) groups is 2. The predicted octanol–water partition coefficient (Wildman–Crippen LogP) is 4.13. The summed E-state index contributed by atoms with van der Waals surface area (Å²) in [4.78, 5) is 32.9. The van der Waals surface area contributed by atoms with Crippen LogP contribution < -0.4 is 4.90 Å². The second-order valence-electron chi connectivity index (χ2n) is 7.95. The number of rotatable bonds is 6. The molecule has 3 rings (SSSR count). The van der Waals surface area contributed by atoms with Gasteiger partial charge in [-0.1, -0.05) is 38.1 Å². The average Bonchev–Trinajstić information content (AvgIpc) is 3.04. The largest absolute Gasteiger partial charge is 0.462 e. The quantitative estimate of drug-likeness (QED) is 0.518. The summed E-state index contributed by atoms with van der Waals surface area (Å²) < 4.78 is 5.00. The molecule has 1 amide bonds. The molecule has 1 saturated heterocycles. The molecule has 2 aromatic rings. The summed E-state index contributed by atoms with van der Waals surface area (Å²) in [5, 5.41) is 0. The fourth-order valence-corrected chi connectivity index (χ4v) is 3.54. The molecule has 1 aromatic heterocycles. The van der Waals surface area contributed by atoms with Gasteiger partial charge in [0.2, 0.25) is 5.91 Å². The molecular weight excluding hydrogens is 390 g/mol. The van der Waals surface area contributed by atoms with E-state index in [2.05, 4.69) is 48.0 Å². The summed E-state index contributed by atoms with van der Waals surface area (Å²) in [6, 6.07) is 11.9. The first kappa shape index (κ1) is 22.5. The van der Waals surface area contributed by atoms with Crippen molar-refractivity contribution in [1.82, 2.24) is 9.88 Å². The monoisotopic (exact) mass is 421 g/mol. The van der Waals surface area contributed by atoms with Crippen LogP contribution in [0.25, 0.3) is 6.08 Å². The van der Waals surface area contributed by atoms with E-state index in [4.69, 9.17) is 4.74 Å². The molecular formula is C25H31N3O3. The molecule has 1 aromatic carbocycles. The predicted molar refractivity (Wildman–Crippen MR) is 123 cm³/mol. The van der Waals surface area contributed by atoms with Crippen LogP contribution in [0, 0.1) is 0 Å². The molecule has 0 bridgehead atoms. The van der Waals surface area contributed by atoms with Crippen molar-refractivity contribution in [2.24, 2.45) is 0 Å². The Labute approximate surface area is 184 Å². The molecule has 31 heavy (non-hydrogen) atoms. The van der Waals surface area contributed by atoms with Gasteiger partial charge in [0.05, 0.1) is 12.2 Å². The Bertz CT molecular complexity index is 905. The van der Waals surface area contributed by atoms with Gasteiger partial charge in [-0.2, -0.15) is 0 Å². The van der Waals surface area contributed by atoms with Crippen molar-refractivity contribution in [1.29, 1.82) is 0 Å². The highest BCUT2D eigenvalue weighted by molar-refractivity contribution is 5.92. The van der Waals surface area contributed by atoms with Gasteiger partial charge in [-0.05, 0) is 48.6 Å². The summed E-state index contributed by atoms with van der Waals surface area (Å²) in [6.45, 7) is 9.33. The van der Waals surface area contributed by atoms with Crippen molar-refractivity contribution < 1.29 is 14.3 Å². The smallest absolute Gasteiger partial charge is 0.339 e. The second kappa shape index (κ2) is 10.8. The van der Waals surface area contributed by atoms with Crippen LogP contribution in [0.2, 0.25) is 0 Å². The second-order valence-corrected chi connectivity index (χ2v) is 7.95. The number of ether oxygens (including phenoxy) is 1. The number of anilines is 1. The zero-order valence-corrected chi connectivity index (χ0v) is 18.6. The van der Waals surface area contributed by atoms with Gasteiger partial charge in [-0.3, -0.25) is 4.79 Å². The zero-order chi connectivity index (χ0) is 22.2. The van der Waals surface area contributed by atoms with Crippen LogP contribution in [-0.4, -0.2) is 54.5 Å². The van der Waals surface area contributed by atoms with E-state index in [1.165, 1.54) is 5.56 Å². The topological polar surface area (TPSA) is 62.7 Å². The lowest BCUT2D eigenvalue weighted by molar-refractivity contribution is -0.125. The molecule has 0 unspecified atom stereocenters. The molecule has 6 heteroatoms. The molecule has 2 heterocycles. The van der Waals surface area contributed by atoms with Gasteiger partial charge < -0.3 is 14.5 Å². The number of esters is 1. The lowest BCUT2D eigenvalue weighted by Gasteiger charge is -2.22. The maximum absolute atomic E-state index is 12.7.